The second-order valence-corrected chi connectivity index (χ2v) is 4.04. The first-order chi connectivity index (χ1) is 7.77. The van der Waals surface area contributed by atoms with Gasteiger partial charge >= 0.3 is 5.97 Å². The second-order valence-electron chi connectivity index (χ2n) is 4.04. The summed E-state index contributed by atoms with van der Waals surface area (Å²) in [7, 11) is 0. The average molecular weight is 224 g/mol. The van der Waals surface area contributed by atoms with E-state index in [0.29, 0.717) is 0 Å². The van der Waals surface area contributed by atoms with Gasteiger partial charge in [0.2, 0.25) is 0 Å². The van der Waals surface area contributed by atoms with Crippen LogP contribution in [0.15, 0.2) is 24.3 Å². The molecule has 0 spiro atoms. The minimum Gasteiger partial charge on any atom is -0.478 e. The lowest BCUT2D eigenvalue weighted by Gasteiger charge is -1.98. The number of unbranched alkanes of at least 4 members (excludes halogenated alkanes) is 7. The number of hydrogen-bond acceptors (Lipinski definition) is 1. The van der Waals surface area contributed by atoms with Crippen LogP contribution < -0.4 is 0 Å². The zero-order valence-corrected chi connectivity index (χ0v) is 10.3. The van der Waals surface area contributed by atoms with Gasteiger partial charge in [0.1, 0.15) is 0 Å². The predicted molar refractivity (Wildman–Crippen MR) is 68.5 cm³/mol. The van der Waals surface area contributed by atoms with Crippen LogP contribution in [0.3, 0.4) is 0 Å². The van der Waals surface area contributed by atoms with Crippen LogP contribution in [0.2, 0.25) is 0 Å². The third-order valence-electron chi connectivity index (χ3n) is 2.46. The molecule has 0 aromatic rings. The summed E-state index contributed by atoms with van der Waals surface area (Å²) in [5, 5.41) is 8.34. The van der Waals surface area contributed by atoms with E-state index in [0.717, 1.165) is 12.5 Å². The van der Waals surface area contributed by atoms with E-state index >= 15 is 0 Å². The normalized spacial score (nSPS) is 11.6. The Morgan fingerprint density at radius 1 is 1.00 bits per heavy atom. The Balaban J connectivity index is 3.17. The lowest BCUT2D eigenvalue weighted by atomic mass is 10.1. The third-order valence-corrected chi connectivity index (χ3v) is 2.46. The van der Waals surface area contributed by atoms with Gasteiger partial charge in [-0.1, -0.05) is 63.7 Å². The fraction of sp³-hybridized carbons (Fsp3) is 0.643. The van der Waals surface area contributed by atoms with Gasteiger partial charge in [0.05, 0.1) is 0 Å². The van der Waals surface area contributed by atoms with Gasteiger partial charge in [-0.15, -0.1) is 0 Å². The quantitative estimate of drug-likeness (QED) is 0.341. The smallest absolute Gasteiger partial charge is 0.328 e. The van der Waals surface area contributed by atoms with E-state index < -0.39 is 5.97 Å². The van der Waals surface area contributed by atoms with Gasteiger partial charge in [0.15, 0.2) is 0 Å². The van der Waals surface area contributed by atoms with Gasteiger partial charge < -0.3 is 5.11 Å². The standard InChI is InChI=1S/C14H24O2/c1-2-3-4-5-6-7-8-9-10-11-12-13-14(15)16/h10-13H,2-9H2,1H3,(H,15,16)/b11-10+,13-12+. The van der Waals surface area contributed by atoms with Crippen molar-refractivity contribution in [3.05, 3.63) is 24.3 Å². The van der Waals surface area contributed by atoms with Gasteiger partial charge in [-0.2, -0.15) is 0 Å². The van der Waals surface area contributed by atoms with Crippen molar-refractivity contribution in [1.29, 1.82) is 0 Å². The van der Waals surface area contributed by atoms with E-state index in [2.05, 4.69) is 6.92 Å². The summed E-state index contributed by atoms with van der Waals surface area (Å²) in [5.41, 5.74) is 0. The number of aliphatic carboxylic acids is 1. The number of carbonyl (C=O) groups is 1. The fourth-order valence-corrected chi connectivity index (χ4v) is 1.53. The maximum Gasteiger partial charge on any atom is 0.328 e. The first kappa shape index (κ1) is 14.9. The van der Waals surface area contributed by atoms with E-state index in [9.17, 15) is 4.79 Å². The van der Waals surface area contributed by atoms with E-state index in [1.54, 1.807) is 6.08 Å². The largest absolute Gasteiger partial charge is 0.478 e. The van der Waals surface area contributed by atoms with Crippen LogP contribution in [0.1, 0.15) is 58.3 Å². The van der Waals surface area contributed by atoms with Crippen LogP contribution >= 0.6 is 0 Å². The van der Waals surface area contributed by atoms with Crippen molar-refractivity contribution >= 4 is 5.97 Å². The van der Waals surface area contributed by atoms with Gasteiger partial charge in [-0.3, -0.25) is 0 Å². The van der Waals surface area contributed by atoms with Crippen LogP contribution in [0.4, 0.5) is 0 Å². The molecule has 0 unspecified atom stereocenters. The molecule has 16 heavy (non-hydrogen) atoms. The van der Waals surface area contributed by atoms with Crippen molar-refractivity contribution in [2.24, 2.45) is 0 Å². The van der Waals surface area contributed by atoms with Crippen LogP contribution in [-0.4, -0.2) is 11.1 Å². The zero-order chi connectivity index (χ0) is 12.1. The summed E-state index contributed by atoms with van der Waals surface area (Å²) in [4.78, 5) is 10.1. The molecule has 0 aromatic heterocycles. The summed E-state index contributed by atoms with van der Waals surface area (Å²) in [6, 6.07) is 0. The molecular weight excluding hydrogens is 200 g/mol. The summed E-state index contributed by atoms with van der Waals surface area (Å²) in [6.45, 7) is 2.23. The second kappa shape index (κ2) is 12.0. The molecule has 0 bridgehead atoms. The molecule has 0 aliphatic carbocycles. The van der Waals surface area contributed by atoms with Crippen molar-refractivity contribution < 1.29 is 9.90 Å². The predicted octanol–water partition coefficient (Wildman–Crippen LogP) is 4.32. The molecule has 0 amide bonds. The number of rotatable bonds is 10. The monoisotopic (exact) mass is 224 g/mol. The zero-order valence-electron chi connectivity index (χ0n) is 10.3. The Hall–Kier alpha value is -1.05. The van der Waals surface area contributed by atoms with E-state index in [1.165, 1.54) is 44.9 Å². The van der Waals surface area contributed by atoms with Crippen LogP contribution in [0.5, 0.6) is 0 Å². The molecule has 0 rings (SSSR count). The molecule has 2 nitrogen and oxygen atoms in total. The molecule has 0 atom stereocenters. The van der Waals surface area contributed by atoms with Crippen molar-refractivity contribution in [3.8, 4) is 0 Å². The Morgan fingerprint density at radius 3 is 2.25 bits per heavy atom. The molecule has 0 heterocycles. The van der Waals surface area contributed by atoms with E-state index in [4.69, 9.17) is 5.11 Å². The molecular formula is C14H24O2. The van der Waals surface area contributed by atoms with Gasteiger partial charge in [0.25, 0.3) is 0 Å². The first-order valence-corrected chi connectivity index (χ1v) is 6.33. The summed E-state index contributed by atoms with van der Waals surface area (Å²) < 4.78 is 0. The van der Waals surface area contributed by atoms with Crippen molar-refractivity contribution in [3.63, 3.8) is 0 Å². The highest BCUT2D eigenvalue weighted by atomic mass is 16.4. The van der Waals surface area contributed by atoms with E-state index in [1.807, 2.05) is 12.2 Å². The summed E-state index contributed by atoms with van der Waals surface area (Å²) in [6.07, 6.45) is 16.8. The average Bonchev–Trinajstić information content (AvgIpc) is 2.25. The fourth-order valence-electron chi connectivity index (χ4n) is 1.53. The molecule has 92 valence electrons. The van der Waals surface area contributed by atoms with Gasteiger partial charge in [0, 0.05) is 6.08 Å². The van der Waals surface area contributed by atoms with Gasteiger partial charge in [-0.05, 0) is 12.8 Å². The molecule has 1 N–H and O–H groups in total. The summed E-state index contributed by atoms with van der Waals surface area (Å²) >= 11 is 0. The minimum atomic E-state index is -0.888. The number of carboxylic acids is 1. The molecule has 0 saturated carbocycles. The Kier molecular flexibility index (Phi) is 11.2. The molecule has 0 aliphatic heterocycles. The maximum absolute atomic E-state index is 10.1. The Bertz CT molecular complexity index is 217. The lowest BCUT2D eigenvalue weighted by Crippen LogP contribution is -1.84. The van der Waals surface area contributed by atoms with Crippen molar-refractivity contribution in [2.75, 3.05) is 0 Å². The molecule has 0 saturated heterocycles. The van der Waals surface area contributed by atoms with Crippen LogP contribution in [0.25, 0.3) is 0 Å². The highest BCUT2D eigenvalue weighted by molar-refractivity contribution is 5.80. The SMILES string of the molecule is CCCCCCCCC/C=C/C=C/C(=O)O. The Morgan fingerprint density at radius 2 is 1.62 bits per heavy atom. The third kappa shape index (κ3) is 12.9. The van der Waals surface area contributed by atoms with Crippen LogP contribution in [0, 0.1) is 0 Å². The summed E-state index contributed by atoms with van der Waals surface area (Å²) in [5.74, 6) is -0.888. The van der Waals surface area contributed by atoms with Crippen molar-refractivity contribution in [2.45, 2.75) is 58.3 Å². The van der Waals surface area contributed by atoms with Crippen LogP contribution in [-0.2, 0) is 4.79 Å². The highest BCUT2D eigenvalue weighted by Gasteiger charge is 1.89. The molecule has 0 radical (unpaired) electrons. The number of hydrogen-bond donors (Lipinski definition) is 1. The topological polar surface area (TPSA) is 37.3 Å². The van der Waals surface area contributed by atoms with Gasteiger partial charge in [-0.25, -0.2) is 4.79 Å². The first-order valence-electron chi connectivity index (χ1n) is 6.33. The molecule has 2 heteroatoms. The molecule has 0 aliphatic rings. The molecule has 0 fully saturated rings. The minimum absolute atomic E-state index is 0.888. The lowest BCUT2D eigenvalue weighted by molar-refractivity contribution is -0.131. The number of allylic oxidation sites excluding steroid dienone is 3. The highest BCUT2D eigenvalue weighted by Crippen LogP contribution is 2.08. The number of carboxylic acid groups (broad SMARTS) is 1. The van der Waals surface area contributed by atoms with E-state index in [-0.39, 0.29) is 0 Å². The molecule has 0 aromatic carbocycles. The Labute approximate surface area is 99.1 Å². The van der Waals surface area contributed by atoms with Crippen molar-refractivity contribution in [1.82, 2.24) is 0 Å². The maximum atomic E-state index is 10.1.